The molecular weight excluding hydrogens is 374 g/mol. The first kappa shape index (κ1) is 21.9. The van der Waals surface area contributed by atoms with E-state index in [9.17, 15) is 14.4 Å². The number of nitrogens with one attached hydrogen (secondary N) is 1. The van der Waals surface area contributed by atoms with Crippen LogP contribution in [0.3, 0.4) is 0 Å². The highest BCUT2D eigenvalue weighted by Crippen LogP contribution is 2.22. The number of ketones is 1. The molecule has 7 heteroatoms. The molecule has 1 amide bonds. The first-order chi connectivity index (χ1) is 13.7. The average Bonchev–Trinajstić information content (AvgIpc) is 2.72. The molecule has 2 aromatic carbocycles. The third-order valence-electron chi connectivity index (χ3n) is 4.51. The van der Waals surface area contributed by atoms with Gasteiger partial charge in [-0.2, -0.15) is 0 Å². The van der Waals surface area contributed by atoms with Crippen molar-refractivity contribution in [2.45, 2.75) is 20.8 Å². The van der Waals surface area contributed by atoms with Crippen LogP contribution in [0.15, 0.2) is 30.3 Å². The summed E-state index contributed by atoms with van der Waals surface area (Å²) in [5, 5.41) is 2.46. The summed E-state index contributed by atoms with van der Waals surface area (Å²) in [4.78, 5) is 36.5. The molecule has 2 rings (SSSR count). The van der Waals surface area contributed by atoms with Crippen molar-refractivity contribution in [1.29, 1.82) is 0 Å². The Morgan fingerprint density at radius 3 is 2.00 bits per heavy atom. The lowest BCUT2D eigenvalue weighted by molar-refractivity contribution is -0.141. The maximum absolute atomic E-state index is 12.3. The van der Waals surface area contributed by atoms with Crippen LogP contribution in [-0.2, 0) is 9.53 Å². The summed E-state index contributed by atoms with van der Waals surface area (Å²) in [6.07, 6.45) is 0. The summed E-state index contributed by atoms with van der Waals surface area (Å²) in [5.41, 5.74) is 3.71. The largest absolute Gasteiger partial charge is 0.497 e. The summed E-state index contributed by atoms with van der Waals surface area (Å²) >= 11 is 0. The number of esters is 1. The van der Waals surface area contributed by atoms with Gasteiger partial charge >= 0.3 is 5.97 Å². The van der Waals surface area contributed by atoms with E-state index in [0.29, 0.717) is 17.1 Å². The fourth-order valence-corrected chi connectivity index (χ4v) is 2.73. The molecule has 29 heavy (non-hydrogen) atoms. The zero-order chi connectivity index (χ0) is 21.6. The van der Waals surface area contributed by atoms with Crippen LogP contribution < -0.4 is 14.8 Å². The quantitative estimate of drug-likeness (QED) is 0.542. The molecule has 0 aliphatic heterocycles. The van der Waals surface area contributed by atoms with Crippen molar-refractivity contribution < 1.29 is 28.6 Å². The second-order valence-corrected chi connectivity index (χ2v) is 6.62. The fraction of sp³-hybridized carbons (Fsp3) is 0.318. The van der Waals surface area contributed by atoms with Gasteiger partial charge in [-0.05, 0) is 55.7 Å². The van der Waals surface area contributed by atoms with Crippen LogP contribution >= 0.6 is 0 Å². The van der Waals surface area contributed by atoms with E-state index >= 15 is 0 Å². The van der Waals surface area contributed by atoms with Crippen molar-refractivity contribution in [2.24, 2.45) is 0 Å². The number of aryl methyl sites for hydroxylation is 3. The molecule has 2 aromatic rings. The number of rotatable bonds is 8. The Labute approximate surface area is 170 Å². The van der Waals surface area contributed by atoms with Gasteiger partial charge in [-0.1, -0.05) is 6.07 Å². The maximum atomic E-state index is 12.3. The monoisotopic (exact) mass is 399 g/mol. The molecule has 0 bridgehead atoms. The number of hydrogen-bond donors (Lipinski definition) is 1. The van der Waals surface area contributed by atoms with Crippen LogP contribution in [-0.4, -0.2) is 45.0 Å². The molecule has 0 aromatic heterocycles. The molecule has 0 unspecified atom stereocenters. The topological polar surface area (TPSA) is 90.9 Å². The minimum atomic E-state index is -0.706. The van der Waals surface area contributed by atoms with Crippen molar-refractivity contribution in [3.63, 3.8) is 0 Å². The van der Waals surface area contributed by atoms with Gasteiger partial charge in [0, 0.05) is 17.2 Å². The van der Waals surface area contributed by atoms with E-state index in [2.05, 4.69) is 5.32 Å². The second-order valence-electron chi connectivity index (χ2n) is 6.62. The van der Waals surface area contributed by atoms with Gasteiger partial charge in [0.25, 0.3) is 5.91 Å². The first-order valence-electron chi connectivity index (χ1n) is 9.03. The number of ether oxygens (including phenoxy) is 3. The molecule has 0 aliphatic rings. The van der Waals surface area contributed by atoms with Crippen LogP contribution in [0.5, 0.6) is 11.5 Å². The minimum absolute atomic E-state index is 0.274. The van der Waals surface area contributed by atoms with Gasteiger partial charge in [0.2, 0.25) is 5.78 Å². The smallest absolute Gasteiger partial charge is 0.325 e. The summed E-state index contributed by atoms with van der Waals surface area (Å²) in [6.45, 7) is 4.98. The highest BCUT2D eigenvalue weighted by atomic mass is 16.5. The highest BCUT2D eigenvalue weighted by molar-refractivity contribution is 6.00. The Hall–Kier alpha value is -3.35. The molecule has 0 spiro atoms. The lowest BCUT2D eigenvalue weighted by atomic mass is 9.98. The Morgan fingerprint density at radius 2 is 1.41 bits per heavy atom. The standard InChI is InChI=1S/C22H25NO6/c1-13-6-15(3)19(7-14(13)2)20(24)12-29-21(25)11-23-22(26)16-8-17(27-4)10-18(9-16)28-5/h6-10H,11-12H2,1-5H3,(H,23,26). The van der Waals surface area contributed by atoms with Crippen molar-refractivity contribution in [3.05, 3.63) is 58.1 Å². The number of hydrogen-bond acceptors (Lipinski definition) is 6. The Balaban J connectivity index is 1.91. The molecule has 0 saturated carbocycles. The van der Waals surface area contributed by atoms with E-state index in [1.807, 2.05) is 26.8 Å². The lowest BCUT2D eigenvalue weighted by Crippen LogP contribution is -2.31. The number of Topliss-reactive ketones (excluding diaryl/α,β-unsaturated/α-hetero) is 1. The third kappa shape index (κ3) is 5.81. The van der Waals surface area contributed by atoms with Crippen molar-refractivity contribution >= 4 is 17.7 Å². The summed E-state index contributed by atoms with van der Waals surface area (Å²) in [6, 6.07) is 8.39. The van der Waals surface area contributed by atoms with E-state index < -0.39 is 11.9 Å². The van der Waals surface area contributed by atoms with E-state index in [1.54, 1.807) is 12.1 Å². The SMILES string of the molecule is COc1cc(OC)cc(C(=O)NCC(=O)OCC(=O)c2cc(C)c(C)cc2C)c1. The third-order valence-corrected chi connectivity index (χ3v) is 4.51. The number of carbonyl (C=O) groups excluding carboxylic acids is 3. The zero-order valence-corrected chi connectivity index (χ0v) is 17.3. The molecule has 0 fully saturated rings. The van der Waals surface area contributed by atoms with Crippen LogP contribution in [0.2, 0.25) is 0 Å². The molecule has 154 valence electrons. The second kappa shape index (κ2) is 9.73. The average molecular weight is 399 g/mol. The fourth-order valence-electron chi connectivity index (χ4n) is 2.73. The molecule has 1 N–H and O–H groups in total. The van der Waals surface area contributed by atoms with Gasteiger partial charge in [0.15, 0.2) is 6.61 Å². The molecule has 0 aliphatic carbocycles. The van der Waals surface area contributed by atoms with Crippen molar-refractivity contribution in [3.8, 4) is 11.5 Å². The molecule has 0 saturated heterocycles. The Kier molecular flexibility index (Phi) is 7.36. The highest BCUT2D eigenvalue weighted by Gasteiger charge is 2.15. The molecular formula is C22H25NO6. The maximum Gasteiger partial charge on any atom is 0.325 e. The molecule has 0 radical (unpaired) electrons. The minimum Gasteiger partial charge on any atom is -0.497 e. The lowest BCUT2D eigenvalue weighted by Gasteiger charge is -2.11. The van der Waals surface area contributed by atoms with Crippen LogP contribution in [0.4, 0.5) is 0 Å². The van der Waals surface area contributed by atoms with E-state index in [-0.39, 0.29) is 24.5 Å². The zero-order valence-electron chi connectivity index (χ0n) is 17.3. The molecule has 0 atom stereocenters. The summed E-state index contributed by atoms with van der Waals surface area (Å²) < 4.78 is 15.2. The van der Waals surface area contributed by atoms with E-state index in [1.165, 1.54) is 26.4 Å². The van der Waals surface area contributed by atoms with Gasteiger partial charge in [-0.15, -0.1) is 0 Å². The summed E-state index contributed by atoms with van der Waals surface area (Å²) in [5.74, 6) is -0.584. The van der Waals surface area contributed by atoms with Gasteiger partial charge in [0.1, 0.15) is 18.0 Å². The van der Waals surface area contributed by atoms with Crippen molar-refractivity contribution in [2.75, 3.05) is 27.4 Å². The van der Waals surface area contributed by atoms with Gasteiger partial charge in [-0.25, -0.2) is 0 Å². The van der Waals surface area contributed by atoms with Gasteiger partial charge in [-0.3, -0.25) is 14.4 Å². The Morgan fingerprint density at radius 1 is 0.828 bits per heavy atom. The first-order valence-corrected chi connectivity index (χ1v) is 9.03. The number of methoxy groups -OCH3 is 2. The van der Waals surface area contributed by atoms with E-state index in [0.717, 1.165) is 16.7 Å². The number of amides is 1. The predicted molar refractivity (Wildman–Crippen MR) is 108 cm³/mol. The van der Waals surface area contributed by atoms with Gasteiger partial charge in [0.05, 0.1) is 14.2 Å². The number of carbonyl (C=O) groups is 3. The normalized spacial score (nSPS) is 10.2. The van der Waals surface area contributed by atoms with Crippen LogP contribution in [0, 0.1) is 20.8 Å². The molecule has 0 heterocycles. The molecule has 7 nitrogen and oxygen atoms in total. The van der Waals surface area contributed by atoms with Gasteiger partial charge < -0.3 is 19.5 Å². The predicted octanol–water partition coefficient (Wildman–Crippen LogP) is 2.78. The van der Waals surface area contributed by atoms with E-state index in [4.69, 9.17) is 14.2 Å². The Bertz CT molecular complexity index is 913. The van der Waals surface area contributed by atoms with Crippen LogP contribution in [0.1, 0.15) is 37.4 Å². The number of benzene rings is 2. The van der Waals surface area contributed by atoms with Crippen molar-refractivity contribution in [1.82, 2.24) is 5.32 Å². The summed E-state index contributed by atoms with van der Waals surface area (Å²) in [7, 11) is 2.95. The van der Waals surface area contributed by atoms with Crippen LogP contribution in [0.25, 0.3) is 0 Å².